The molecule has 116 valence electrons. The third-order valence-corrected chi connectivity index (χ3v) is 3.02. The zero-order valence-corrected chi connectivity index (χ0v) is 11.8. The van der Waals surface area contributed by atoms with Crippen LogP contribution in [0.15, 0.2) is 11.8 Å². The van der Waals surface area contributed by atoms with Crippen LogP contribution < -0.4 is 5.32 Å². The van der Waals surface area contributed by atoms with Crippen LogP contribution in [-0.4, -0.2) is 38.1 Å². The summed E-state index contributed by atoms with van der Waals surface area (Å²) < 4.78 is 67.3. The molecule has 0 aromatic heterocycles. The fourth-order valence-corrected chi connectivity index (χ4v) is 1.82. The molecule has 1 aliphatic heterocycles. The molecule has 0 radical (unpaired) electrons. The molecule has 0 aromatic rings. The van der Waals surface area contributed by atoms with Crippen LogP contribution in [-0.2, 0) is 23.8 Å². The lowest BCUT2D eigenvalue weighted by Crippen LogP contribution is -2.41. The van der Waals surface area contributed by atoms with Gasteiger partial charge in [-0.3, -0.25) is 5.32 Å². The van der Waals surface area contributed by atoms with Gasteiger partial charge in [0, 0.05) is 6.54 Å². The molecule has 0 saturated carbocycles. The summed E-state index contributed by atoms with van der Waals surface area (Å²) in [5.41, 5.74) is -6.43. The first-order valence-corrected chi connectivity index (χ1v) is 6.91. The highest BCUT2D eigenvalue weighted by molar-refractivity contribution is 7.87. The van der Waals surface area contributed by atoms with Gasteiger partial charge in [0.2, 0.25) is 0 Å². The Morgan fingerprint density at radius 1 is 1.35 bits per heavy atom. The SMILES string of the molecule is CC(C)(C)OC(=O)C1NCC=C1OS(=O)(=O)C(F)(F)F. The molecule has 1 N–H and O–H groups in total. The van der Waals surface area contributed by atoms with Gasteiger partial charge in [-0.15, -0.1) is 0 Å². The first-order valence-electron chi connectivity index (χ1n) is 5.50. The van der Waals surface area contributed by atoms with Gasteiger partial charge in [0.25, 0.3) is 0 Å². The number of nitrogens with one attached hydrogen (secondary N) is 1. The predicted octanol–water partition coefficient (Wildman–Crippen LogP) is 1.05. The number of carbonyl (C=O) groups excluding carboxylic acids is 1. The van der Waals surface area contributed by atoms with Gasteiger partial charge in [-0.25, -0.2) is 4.79 Å². The lowest BCUT2D eigenvalue weighted by atomic mass is 10.2. The Kier molecular flexibility index (Phi) is 4.39. The molecule has 0 spiro atoms. The minimum Gasteiger partial charge on any atom is -0.458 e. The second-order valence-corrected chi connectivity index (χ2v) is 6.50. The van der Waals surface area contributed by atoms with E-state index in [1.165, 1.54) is 0 Å². The van der Waals surface area contributed by atoms with E-state index in [0.717, 1.165) is 6.08 Å². The average Bonchev–Trinajstić information content (AvgIpc) is 2.60. The highest BCUT2D eigenvalue weighted by Gasteiger charge is 2.50. The summed E-state index contributed by atoms with van der Waals surface area (Å²) in [5, 5.41) is 2.48. The minimum atomic E-state index is -5.81. The second-order valence-electron chi connectivity index (χ2n) is 4.96. The molecular formula is C10H14F3NO5S. The van der Waals surface area contributed by atoms with Gasteiger partial charge >= 0.3 is 21.6 Å². The first kappa shape index (κ1) is 16.8. The van der Waals surface area contributed by atoms with Crippen LogP contribution >= 0.6 is 0 Å². The van der Waals surface area contributed by atoms with Crippen molar-refractivity contribution in [3.05, 3.63) is 11.8 Å². The zero-order chi connectivity index (χ0) is 15.8. The topological polar surface area (TPSA) is 81.7 Å². The summed E-state index contributed by atoms with van der Waals surface area (Å²) in [5.74, 6) is -1.56. The number of alkyl halides is 3. The number of halogens is 3. The lowest BCUT2D eigenvalue weighted by molar-refractivity contribution is -0.156. The Bertz CT molecular complexity index is 518. The van der Waals surface area contributed by atoms with E-state index in [1.54, 1.807) is 20.8 Å². The monoisotopic (exact) mass is 317 g/mol. The van der Waals surface area contributed by atoms with Gasteiger partial charge in [-0.2, -0.15) is 21.6 Å². The Morgan fingerprint density at radius 2 is 1.90 bits per heavy atom. The van der Waals surface area contributed by atoms with Crippen LogP contribution in [0.3, 0.4) is 0 Å². The van der Waals surface area contributed by atoms with Gasteiger partial charge in [0.15, 0.2) is 6.04 Å². The first-order chi connectivity index (χ1) is 8.83. The summed E-state index contributed by atoms with van der Waals surface area (Å²) in [6, 6.07) is -1.38. The number of hydrogen-bond donors (Lipinski definition) is 1. The number of ether oxygens (including phenoxy) is 1. The number of rotatable bonds is 3. The van der Waals surface area contributed by atoms with Crippen molar-refractivity contribution in [1.29, 1.82) is 0 Å². The summed E-state index contributed by atoms with van der Waals surface area (Å²) in [4.78, 5) is 11.7. The molecule has 1 atom stereocenters. The van der Waals surface area contributed by atoms with Crippen LogP contribution in [0.25, 0.3) is 0 Å². The van der Waals surface area contributed by atoms with E-state index < -0.39 is 39.0 Å². The van der Waals surface area contributed by atoms with Crippen LogP contribution in [0.2, 0.25) is 0 Å². The summed E-state index contributed by atoms with van der Waals surface area (Å²) in [6.07, 6.45) is 1.04. The molecule has 1 rings (SSSR count). The van der Waals surface area contributed by atoms with Crippen LogP contribution in [0.4, 0.5) is 13.2 Å². The van der Waals surface area contributed by atoms with E-state index in [-0.39, 0.29) is 6.54 Å². The van der Waals surface area contributed by atoms with E-state index in [0.29, 0.717) is 0 Å². The maximum absolute atomic E-state index is 12.2. The maximum Gasteiger partial charge on any atom is 0.534 e. The molecule has 1 aliphatic rings. The highest BCUT2D eigenvalue weighted by atomic mass is 32.2. The van der Waals surface area contributed by atoms with E-state index in [1.807, 2.05) is 0 Å². The fourth-order valence-electron chi connectivity index (χ4n) is 1.31. The van der Waals surface area contributed by atoms with Crippen molar-refractivity contribution in [3.63, 3.8) is 0 Å². The molecule has 0 bridgehead atoms. The van der Waals surface area contributed by atoms with Crippen molar-refractivity contribution >= 4 is 16.1 Å². The van der Waals surface area contributed by atoms with Gasteiger partial charge in [0.1, 0.15) is 11.4 Å². The van der Waals surface area contributed by atoms with Gasteiger partial charge in [0.05, 0.1) is 0 Å². The smallest absolute Gasteiger partial charge is 0.458 e. The van der Waals surface area contributed by atoms with Crippen molar-refractivity contribution in [3.8, 4) is 0 Å². The fraction of sp³-hybridized carbons (Fsp3) is 0.700. The summed E-state index contributed by atoms with van der Waals surface area (Å²) >= 11 is 0. The highest BCUT2D eigenvalue weighted by Crippen LogP contribution is 2.28. The van der Waals surface area contributed by atoms with Crippen molar-refractivity contribution in [2.45, 2.75) is 37.9 Å². The molecule has 20 heavy (non-hydrogen) atoms. The average molecular weight is 317 g/mol. The molecule has 1 unspecified atom stereocenters. The van der Waals surface area contributed by atoms with Crippen molar-refractivity contribution in [1.82, 2.24) is 5.32 Å². The molecule has 0 amide bonds. The molecule has 1 heterocycles. The Morgan fingerprint density at radius 3 is 2.35 bits per heavy atom. The standard InChI is InChI=1S/C10H14F3NO5S/c1-9(2,3)18-8(15)7-6(4-5-14-7)19-20(16,17)10(11,12)13/h4,7,14H,5H2,1-3H3. The third kappa shape index (κ3) is 4.10. The van der Waals surface area contributed by atoms with E-state index in [9.17, 15) is 26.4 Å². The van der Waals surface area contributed by atoms with Crippen molar-refractivity contribution in [2.24, 2.45) is 0 Å². The van der Waals surface area contributed by atoms with Gasteiger partial charge in [-0.05, 0) is 26.8 Å². The van der Waals surface area contributed by atoms with Crippen LogP contribution in [0.1, 0.15) is 20.8 Å². The zero-order valence-electron chi connectivity index (χ0n) is 10.9. The molecule has 0 aliphatic carbocycles. The number of carbonyl (C=O) groups is 1. The lowest BCUT2D eigenvalue weighted by Gasteiger charge is -2.23. The Balaban J connectivity index is 2.84. The largest absolute Gasteiger partial charge is 0.534 e. The number of hydrogen-bond acceptors (Lipinski definition) is 6. The van der Waals surface area contributed by atoms with E-state index >= 15 is 0 Å². The minimum absolute atomic E-state index is 0.00732. The predicted molar refractivity (Wildman–Crippen MR) is 61.8 cm³/mol. The molecule has 0 aromatic carbocycles. The molecule has 0 saturated heterocycles. The molecular weight excluding hydrogens is 303 g/mol. The Labute approximate surface area is 114 Å². The molecule has 10 heteroatoms. The van der Waals surface area contributed by atoms with Crippen LogP contribution in [0.5, 0.6) is 0 Å². The molecule has 0 fully saturated rings. The summed E-state index contributed by atoms with van der Waals surface area (Å²) in [7, 11) is -5.81. The maximum atomic E-state index is 12.2. The normalized spacial score (nSPS) is 20.5. The second kappa shape index (κ2) is 5.24. The van der Waals surface area contributed by atoms with Crippen molar-refractivity contribution in [2.75, 3.05) is 6.54 Å². The Hall–Kier alpha value is -1.29. The third-order valence-electron chi connectivity index (χ3n) is 2.04. The number of esters is 1. The van der Waals surface area contributed by atoms with Gasteiger partial charge < -0.3 is 8.92 Å². The van der Waals surface area contributed by atoms with E-state index in [4.69, 9.17) is 4.74 Å². The van der Waals surface area contributed by atoms with Crippen LogP contribution in [0, 0.1) is 0 Å². The van der Waals surface area contributed by atoms with Gasteiger partial charge in [-0.1, -0.05) is 0 Å². The molecule has 6 nitrogen and oxygen atoms in total. The van der Waals surface area contributed by atoms with E-state index in [2.05, 4.69) is 9.50 Å². The van der Waals surface area contributed by atoms with Crippen molar-refractivity contribution < 1.29 is 35.3 Å². The quantitative estimate of drug-likeness (QED) is 0.476. The summed E-state index contributed by atoms with van der Waals surface area (Å²) in [6.45, 7) is 4.69.